The fourth-order valence-corrected chi connectivity index (χ4v) is 1.56. The van der Waals surface area contributed by atoms with Crippen LogP contribution in [-0.2, 0) is 6.54 Å². The Hall–Kier alpha value is -2.63. The van der Waals surface area contributed by atoms with Crippen molar-refractivity contribution in [3.05, 3.63) is 54.5 Å². The molecule has 6 heteroatoms. The zero-order valence-electron chi connectivity index (χ0n) is 11.5. The molecule has 104 valence electrons. The van der Waals surface area contributed by atoms with Gasteiger partial charge in [0.25, 0.3) is 0 Å². The monoisotopic (exact) mass is 270 g/mol. The summed E-state index contributed by atoms with van der Waals surface area (Å²) in [6, 6.07) is 5.69. The van der Waals surface area contributed by atoms with E-state index in [1.165, 1.54) is 0 Å². The summed E-state index contributed by atoms with van der Waals surface area (Å²) >= 11 is 0. The molecule has 0 aliphatic heterocycles. The predicted octanol–water partition coefficient (Wildman–Crippen LogP) is 1.25. The van der Waals surface area contributed by atoms with Crippen molar-refractivity contribution in [1.29, 1.82) is 0 Å². The lowest BCUT2D eigenvalue weighted by atomic mass is 10.2. The molecule has 0 unspecified atom stereocenters. The average molecular weight is 270 g/mol. The van der Waals surface area contributed by atoms with E-state index in [1.807, 2.05) is 31.3 Å². The highest BCUT2D eigenvalue weighted by Gasteiger charge is 2.00. The minimum absolute atomic E-state index is 0.408. The third-order valence-electron chi connectivity index (χ3n) is 2.55. The Balaban J connectivity index is 2.01. The maximum absolute atomic E-state index is 5.77. The Morgan fingerprint density at radius 1 is 1.50 bits per heavy atom. The molecular weight excluding hydrogens is 252 g/mol. The Morgan fingerprint density at radius 2 is 2.35 bits per heavy atom. The average Bonchev–Trinajstić information content (AvgIpc) is 2.97. The van der Waals surface area contributed by atoms with Gasteiger partial charge in [0, 0.05) is 25.1 Å². The van der Waals surface area contributed by atoms with Gasteiger partial charge in [-0.3, -0.25) is 0 Å². The quantitative estimate of drug-likeness (QED) is 0.487. The lowest BCUT2D eigenvalue weighted by Gasteiger charge is -2.05. The summed E-state index contributed by atoms with van der Waals surface area (Å²) in [6.07, 6.45) is 5.30. The Bertz CT molecular complexity index is 600. The van der Waals surface area contributed by atoms with Crippen LogP contribution in [0.4, 0.5) is 0 Å². The van der Waals surface area contributed by atoms with E-state index in [0.29, 0.717) is 19.0 Å². The standard InChI is InChI=1S/C14H18N6/c1-11(2)9-17-14(15)18-10-12-4-6-16-13(8-12)20-7-3-5-19-20/h3-8H,1,9-10H2,2H3,(H3,15,17,18). The maximum atomic E-state index is 5.77. The first kappa shape index (κ1) is 13.8. The second-order valence-electron chi connectivity index (χ2n) is 4.49. The van der Waals surface area contributed by atoms with Gasteiger partial charge in [0.2, 0.25) is 0 Å². The van der Waals surface area contributed by atoms with Crippen LogP contribution < -0.4 is 11.1 Å². The van der Waals surface area contributed by atoms with Gasteiger partial charge in [-0.05, 0) is 30.7 Å². The molecule has 0 aliphatic carbocycles. The van der Waals surface area contributed by atoms with E-state index < -0.39 is 0 Å². The second kappa shape index (κ2) is 6.51. The van der Waals surface area contributed by atoms with Crippen molar-refractivity contribution in [2.24, 2.45) is 10.7 Å². The number of aromatic nitrogens is 3. The number of pyridine rings is 1. The predicted molar refractivity (Wildman–Crippen MR) is 79.5 cm³/mol. The summed E-state index contributed by atoms with van der Waals surface area (Å²) in [5.74, 6) is 1.17. The van der Waals surface area contributed by atoms with Crippen LogP contribution >= 0.6 is 0 Å². The fraction of sp³-hybridized carbons (Fsp3) is 0.214. The molecule has 3 N–H and O–H groups in total. The van der Waals surface area contributed by atoms with Gasteiger partial charge in [-0.15, -0.1) is 0 Å². The minimum Gasteiger partial charge on any atom is -0.370 e. The van der Waals surface area contributed by atoms with Crippen LogP contribution in [0.1, 0.15) is 12.5 Å². The van der Waals surface area contributed by atoms with E-state index in [0.717, 1.165) is 17.0 Å². The lowest BCUT2D eigenvalue weighted by Crippen LogP contribution is -2.32. The molecule has 2 heterocycles. The number of aliphatic imine (C=N–C) groups is 1. The summed E-state index contributed by atoms with van der Waals surface area (Å²) in [7, 11) is 0. The number of guanidine groups is 1. The van der Waals surface area contributed by atoms with Crippen molar-refractivity contribution in [2.45, 2.75) is 13.5 Å². The molecule has 0 saturated carbocycles. The molecule has 0 fully saturated rings. The zero-order chi connectivity index (χ0) is 14.4. The van der Waals surface area contributed by atoms with Crippen molar-refractivity contribution < 1.29 is 0 Å². The van der Waals surface area contributed by atoms with Gasteiger partial charge < -0.3 is 11.1 Å². The topological polar surface area (TPSA) is 81.1 Å². The molecule has 0 atom stereocenters. The molecule has 0 aliphatic rings. The molecule has 0 spiro atoms. The first-order valence-corrected chi connectivity index (χ1v) is 6.28. The van der Waals surface area contributed by atoms with E-state index in [2.05, 4.69) is 27.0 Å². The first-order chi connectivity index (χ1) is 9.65. The summed E-state index contributed by atoms with van der Waals surface area (Å²) in [4.78, 5) is 8.54. The number of hydrogen-bond acceptors (Lipinski definition) is 3. The van der Waals surface area contributed by atoms with Gasteiger partial charge in [0.1, 0.15) is 0 Å². The van der Waals surface area contributed by atoms with Crippen LogP contribution in [0.25, 0.3) is 5.82 Å². The number of nitrogens with one attached hydrogen (secondary N) is 1. The van der Waals surface area contributed by atoms with Gasteiger partial charge in [-0.25, -0.2) is 14.7 Å². The van der Waals surface area contributed by atoms with Gasteiger partial charge in [0.15, 0.2) is 11.8 Å². The highest BCUT2D eigenvalue weighted by atomic mass is 15.3. The Morgan fingerprint density at radius 3 is 3.05 bits per heavy atom. The molecule has 2 aromatic heterocycles. The van der Waals surface area contributed by atoms with Crippen molar-refractivity contribution >= 4 is 5.96 Å². The fourth-order valence-electron chi connectivity index (χ4n) is 1.56. The number of rotatable bonds is 5. The zero-order valence-corrected chi connectivity index (χ0v) is 11.5. The molecule has 2 aromatic rings. The number of hydrogen-bond donors (Lipinski definition) is 2. The van der Waals surface area contributed by atoms with Gasteiger partial charge in [-0.1, -0.05) is 12.2 Å². The van der Waals surface area contributed by atoms with Crippen LogP contribution in [0, 0.1) is 0 Å². The highest BCUT2D eigenvalue weighted by molar-refractivity contribution is 5.78. The molecule has 0 radical (unpaired) electrons. The molecule has 0 saturated heterocycles. The molecule has 0 bridgehead atoms. The van der Waals surface area contributed by atoms with E-state index >= 15 is 0 Å². The van der Waals surface area contributed by atoms with Crippen molar-refractivity contribution in [3.63, 3.8) is 0 Å². The molecule has 6 nitrogen and oxygen atoms in total. The van der Waals surface area contributed by atoms with Crippen LogP contribution in [0.2, 0.25) is 0 Å². The van der Waals surface area contributed by atoms with Crippen LogP contribution in [0.15, 0.2) is 53.9 Å². The van der Waals surface area contributed by atoms with Gasteiger partial charge >= 0.3 is 0 Å². The summed E-state index contributed by atoms with van der Waals surface area (Å²) in [5.41, 5.74) is 7.79. The van der Waals surface area contributed by atoms with Crippen LogP contribution in [0.3, 0.4) is 0 Å². The maximum Gasteiger partial charge on any atom is 0.189 e. The summed E-state index contributed by atoms with van der Waals surface area (Å²) in [5, 5.41) is 7.13. The summed E-state index contributed by atoms with van der Waals surface area (Å²) < 4.78 is 1.70. The highest BCUT2D eigenvalue weighted by Crippen LogP contribution is 2.07. The van der Waals surface area contributed by atoms with E-state index in [1.54, 1.807) is 17.1 Å². The first-order valence-electron chi connectivity index (χ1n) is 6.28. The lowest BCUT2D eigenvalue weighted by molar-refractivity contribution is 0.841. The van der Waals surface area contributed by atoms with E-state index in [-0.39, 0.29) is 0 Å². The smallest absolute Gasteiger partial charge is 0.189 e. The minimum atomic E-state index is 0.408. The van der Waals surface area contributed by atoms with Crippen molar-refractivity contribution in [1.82, 2.24) is 20.1 Å². The summed E-state index contributed by atoms with van der Waals surface area (Å²) in [6.45, 7) is 6.85. The molecular formula is C14H18N6. The SMILES string of the molecule is C=C(C)CNC(N)=NCc1ccnc(-n2cccn2)c1. The second-order valence-corrected chi connectivity index (χ2v) is 4.49. The Kier molecular flexibility index (Phi) is 4.49. The molecule has 0 aromatic carbocycles. The third-order valence-corrected chi connectivity index (χ3v) is 2.55. The number of nitrogens with two attached hydrogens (primary N) is 1. The third kappa shape index (κ3) is 3.94. The largest absolute Gasteiger partial charge is 0.370 e. The normalized spacial score (nSPS) is 11.3. The van der Waals surface area contributed by atoms with Crippen molar-refractivity contribution in [3.8, 4) is 5.82 Å². The van der Waals surface area contributed by atoms with E-state index in [4.69, 9.17) is 5.73 Å². The van der Waals surface area contributed by atoms with Gasteiger partial charge in [-0.2, -0.15) is 5.10 Å². The molecule has 0 amide bonds. The van der Waals surface area contributed by atoms with Crippen LogP contribution in [-0.4, -0.2) is 27.3 Å². The number of nitrogens with zero attached hydrogens (tertiary/aromatic N) is 4. The van der Waals surface area contributed by atoms with Crippen molar-refractivity contribution in [2.75, 3.05) is 6.54 Å². The van der Waals surface area contributed by atoms with Crippen LogP contribution in [0.5, 0.6) is 0 Å². The molecule has 2 rings (SSSR count). The Labute approximate surface area is 118 Å². The van der Waals surface area contributed by atoms with Gasteiger partial charge in [0.05, 0.1) is 6.54 Å². The van der Waals surface area contributed by atoms with E-state index in [9.17, 15) is 0 Å². The molecule has 20 heavy (non-hydrogen) atoms.